The fourth-order valence-electron chi connectivity index (χ4n) is 3.61. The van der Waals surface area contributed by atoms with E-state index in [1.54, 1.807) is 93.9 Å². The molecule has 0 fully saturated rings. The Morgan fingerprint density at radius 2 is 1.26 bits per heavy atom. The zero-order valence-corrected chi connectivity index (χ0v) is 25.0. The van der Waals surface area contributed by atoms with E-state index in [0.717, 1.165) is 11.1 Å². The summed E-state index contributed by atoms with van der Waals surface area (Å²) in [6, 6.07) is 22.0. The average Bonchev–Trinajstić information content (AvgIpc) is 2.98. The normalized spacial score (nSPS) is 10.2. The van der Waals surface area contributed by atoms with E-state index in [0.29, 0.717) is 39.3 Å². The van der Waals surface area contributed by atoms with E-state index in [1.807, 2.05) is 13.0 Å². The summed E-state index contributed by atoms with van der Waals surface area (Å²) in [5.74, 6) is 1.52. The number of carbonyl (C=O) groups excluding carboxylic acids is 2. The Morgan fingerprint density at radius 1 is 0.714 bits per heavy atom. The number of hydrogen-bond acceptors (Lipinski definition) is 8. The van der Waals surface area contributed by atoms with Crippen LogP contribution in [-0.2, 0) is 11.4 Å². The van der Waals surface area contributed by atoms with E-state index in [9.17, 15) is 14.7 Å². The topological polar surface area (TPSA) is 101 Å². The monoisotopic (exact) mass is 612 g/mol. The quantitative estimate of drug-likeness (QED) is 0.159. The molecule has 0 atom stereocenters. The van der Waals surface area contributed by atoms with Crippen molar-refractivity contribution in [2.24, 2.45) is 0 Å². The van der Waals surface area contributed by atoms with Crippen molar-refractivity contribution in [2.75, 3.05) is 20.8 Å². The summed E-state index contributed by atoms with van der Waals surface area (Å²) in [4.78, 5) is 24.0. The second kappa shape index (κ2) is 15.7. The van der Waals surface area contributed by atoms with Crippen LogP contribution in [0.2, 0.25) is 10.0 Å². The molecule has 1 N–H and O–H groups in total. The molecule has 10 heteroatoms. The summed E-state index contributed by atoms with van der Waals surface area (Å²) in [5, 5.41) is 10.1. The third-order valence-electron chi connectivity index (χ3n) is 5.85. The molecule has 0 radical (unpaired) electrons. The molecule has 4 rings (SSSR count). The average molecular weight is 613 g/mol. The van der Waals surface area contributed by atoms with Crippen molar-refractivity contribution in [3.8, 4) is 28.7 Å². The second-order valence-corrected chi connectivity index (χ2v) is 9.63. The highest BCUT2D eigenvalue weighted by atomic mass is 35.5. The van der Waals surface area contributed by atoms with Gasteiger partial charge < -0.3 is 28.8 Å². The number of aliphatic hydroxyl groups is 1. The molecule has 0 aliphatic carbocycles. The Morgan fingerprint density at radius 3 is 1.79 bits per heavy atom. The molecule has 42 heavy (non-hydrogen) atoms. The van der Waals surface area contributed by atoms with Gasteiger partial charge in [0.05, 0.1) is 36.4 Å². The van der Waals surface area contributed by atoms with E-state index in [4.69, 9.17) is 46.9 Å². The van der Waals surface area contributed by atoms with Gasteiger partial charge in [-0.1, -0.05) is 35.3 Å². The van der Waals surface area contributed by atoms with Gasteiger partial charge >= 0.3 is 11.9 Å². The molecule has 0 unspecified atom stereocenters. The zero-order valence-electron chi connectivity index (χ0n) is 23.5. The molecule has 220 valence electrons. The molecule has 0 bridgehead atoms. The van der Waals surface area contributed by atoms with E-state index in [2.05, 4.69) is 0 Å². The number of esters is 2. The fraction of sp³-hybridized carbons (Fsp3) is 0.188. The Kier molecular flexibility index (Phi) is 12.0. The van der Waals surface area contributed by atoms with Gasteiger partial charge in [0.2, 0.25) is 0 Å². The minimum absolute atomic E-state index is 0.190. The van der Waals surface area contributed by atoms with Gasteiger partial charge in [0.15, 0.2) is 6.61 Å². The predicted molar refractivity (Wildman–Crippen MR) is 160 cm³/mol. The summed E-state index contributed by atoms with van der Waals surface area (Å²) in [5.41, 5.74) is 2.47. The molecule has 4 aromatic carbocycles. The van der Waals surface area contributed by atoms with Crippen LogP contribution in [0, 0.1) is 13.8 Å². The standard InChI is InChI=1S/2C16H15ClO4/c1-11-3-8-15(14(17)9-11)20-10-16(18)21-13-6-4-12(19-2)5-7-13;1-10-3-8-14(17)15(13(10)9-18)16(19)21-12-6-4-11(20-2)5-7-12/h3-9H,10H2,1-2H3;3-8,18H,9H2,1-2H3. The van der Waals surface area contributed by atoms with Crippen LogP contribution in [0.1, 0.15) is 27.0 Å². The summed E-state index contributed by atoms with van der Waals surface area (Å²) in [7, 11) is 3.13. The van der Waals surface area contributed by atoms with Crippen molar-refractivity contribution in [1.29, 1.82) is 0 Å². The summed E-state index contributed by atoms with van der Waals surface area (Å²) >= 11 is 12.1. The lowest BCUT2D eigenvalue weighted by Crippen LogP contribution is -2.17. The Labute approximate surface area is 254 Å². The molecule has 0 amide bonds. The van der Waals surface area contributed by atoms with E-state index < -0.39 is 11.9 Å². The molecule has 0 aliphatic rings. The largest absolute Gasteiger partial charge is 0.497 e. The van der Waals surface area contributed by atoms with E-state index >= 15 is 0 Å². The second-order valence-electron chi connectivity index (χ2n) is 8.81. The van der Waals surface area contributed by atoms with Gasteiger partial charge in [0.25, 0.3) is 0 Å². The van der Waals surface area contributed by atoms with Crippen LogP contribution < -0.4 is 23.7 Å². The van der Waals surface area contributed by atoms with Crippen LogP contribution >= 0.6 is 23.2 Å². The van der Waals surface area contributed by atoms with E-state index in [1.165, 1.54) is 0 Å². The number of aliphatic hydroxyl groups excluding tert-OH is 1. The molecule has 8 nitrogen and oxygen atoms in total. The van der Waals surface area contributed by atoms with Crippen molar-refractivity contribution in [3.05, 3.63) is 111 Å². The molecule has 4 aromatic rings. The Bertz CT molecular complexity index is 1500. The Balaban J connectivity index is 0.000000230. The van der Waals surface area contributed by atoms with Gasteiger partial charge in [-0.2, -0.15) is 0 Å². The molecular weight excluding hydrogens is 583 g/mol. The van der Waals surface area contributed by atoms with Crippen LogP contribution in [0.5, 0.6) is 28.7 Å². The maximum atomic E-state index is 12.3. The molecule has 0 aliphatic heterocycles. The van der Waals surface area contributed by atoms with Gasteiger partial charge in [-0.25, -0.2) is 9.59 Å². The van der Waals surface area contributed by atoms with Crippen LogP contribution in [0.3, 0.4) is 0 Å². The van der Waals surface area contributed by atoms with Crippen molar-refractivity contribution >= 4 is 35.1 Å². The van der Waals surface area contributed by atoms with Gasteiger partial charge in [0, 0.05) is 0 Å². The highest BCUT2D eigenvalue weighted by Crippen LogP contribution is 2.27. The summed E-state index contributed by atoms with van der Waals surface area (Å²) in [6.45, 7) is 3.23. The fourth-order valence-corrected chi connectivity index (χ4v) is 4.16. The molecular formula is C32H30Cl2O8. The Hall–Kier alpha value is -4.24. The summed E-state index contributed by atoms with van der Waals surface area (Å²) < 4.78 is 25.8. The maximum absolute atomic E-state index is 12.3. The van der Waals surface area contributed by atoms with Crippen molar-refractivity contribution in [2.45, 2.75) is 20.5 Å². The number of rotatable bonds is 9. The molecule has 0 aromatic heterocycles. The third kappa shape index (κ3) is 9.14. The lowest BCUT2D eigenvalue weighted by molar-refractivity contribution is -0.136. The van der Waals surface area contributed by atoms with Gasteiger partial charge in [-0.15, -0.1) is 0 Å². The number of aryl methyl sites for hydroxylation is 2. The van der Waals surface area contributed by atoms with Crippen LogP contribution in [0.15, 0.2) is 78.9 Å². The first-order chi connectivity index (χ1) is 20.1. The van der Waals surface area contributed by atoms with Gasteiger partial charge in [-0.05, 0) is 97.3 Å². The number of benzene rings is 4. The molecule has 0 saturated carbocycles. The highest BCUT2D eigenvalue weighted by Gasteiger charge is 2.19. The minimum atomic E-state index is -0.599. The number of carbonyl (C=O) groups is 2. The number of methoxy groups -OCH3 is 2. The highest BCUT2D eigenvalue weighted by molar-refractivity contribution is 6.34. The predicted octanol–water partition coefficient (Wildman–Crippen LogP) is 7.01. The first-order valence-corrected chi connectivity index (χ1v) is 13.4. The van der Waals surface area contributed by atoms with Crippen molar-refractivity contribution < 1.29 is 38.4 Å². The smallest absolute Gasteiger partial charge is 0.349 e. The van der Waals surface area contributed by atoms with Gasteiger partial charge in [-0.3, -0.25) is 0 Å². The first-order valence-electron chi connectivity index (χ1n) is 12.6. The zero-order chi connectivity index (χ0) is 30.6. The maximum Gasteiger partial charge on any atom is 0.349 e. The van der Waals surface area contributed by atoms with Crippen molar-refractivity contribution in [3.63, 3.8) is 0 Å². The van der Waals surface area contributed by atoms with Gasteiger partial charge in [0.1, 0.15) is 28.7 Å². The number of ether oxygens (including phenoxy) is 5. The number of hydrogen-bond donors (Lipinski definition) is 1. The lowest BCUT2D eigenvalue weighted by Gasteiger charge is -2.12. The first kappa shape index (κ1) is 32.3. The number of halogens is 2. The van der Waals surface area contributed by atoms with Crippen LogP contribution in [0.25, 0.3) is 0 Å². The molecule has 0 spiro atoms. The SMILES string of the molecule is COc1ccc(OC(=O)COc2ccc(C)cc2Cl)cc1.COc1ccc(OC(=O)c2c(Cl)ccc(C)c2CO)cc1. The molecule has 0 heterocycles. The van der Waals surface area contributed by atoms with Crippen LogP contribution in [-0.4, -0.2) is 37.9 Å². The molecule has 0 saturated heterocycles. The van der Waals surface area contributed by atoms with Crippen LogP contribution in [0.4, 0.5) is 0 Å². The lowest BCUT2D eigenvalue weighted by atomic mass is 10.0. The summed E-state index contributed by atoms with van der Waals surface area (Å²) in [6.07, 6.45) is 0. The van der Waals surface area contributed by atoms with Crippen molar-refractivity contribution in [1.82, 2.24) is 0 Å². The minimum Gasteiger partial charge on any atom is -0.497 e. The third-order valence-corrected chi connectivity index (χ3v) is 6.46. The van der Waals surface area contributed by atoms with E-state index in [-0.39, 0.29) is 23.8 Å².